The number of hydrogen-bond donors (Lipinski definition) is 0. The van der Waals surface area contributed by atoms with Crippen LogP contribution in [0.15, 0.2) is 29.1 Å². The largest absolute Gasteiger partial charge is 0.383 e. The highest BCUT2D eigenvalue weighted by atomic mass is 16.5. The minimum absolute atomic E-state index is 0.00602. The number of carbonyl (C=O) groups is 1. The first-order chi connectivity index (χ1) is 13.7. The van der Waals surface area contributed by atoms with Gasteiger partial charge in [0.05, 0.1) is 43.3 Å². The maximum Gasteiger partial charge on any atom is 0.320 e. The van der Waals surface area contributed by atoms with Crippen molar-refractivity contribution in [2.45, 2.75) is 25.4 Å². The number of ether oxygens (including phenoxy) is 2. The maximum atomic E-state index is 13.1. The monoisotopic (exact) mass is 386 g/mol. The second kappa shape index (κ2) is 8.28. The van der Waals surface area contributed by atoms with Crippen molar-refractivity contribution >= 4 is 16.9 Å². The lowest BCUT2D eigenvalue weighted by Crippen LogP contribution is -2.48. The predicted octanol–water partition coefficient (Wildman–Crippen LogP) is 1.63. The van der Waals surface area contributed by atoms with Crippen LogP contribution in [-0.4, -0.2) is 71.9 Å². The molecule has 1 aromatic heterocycles. The highest BCUT2D eigenvalue weighted by molar-refractivity contribution is 5.78. The molecule has 3 heterocycles. The van der Waals surface area contributed by atoms with Crippen LogP contribution < -0.4 is 5.56 Å². The first kappa shape index (κ1) is 18.9. The molecule has 0 radical (unpaired) electrons. The maximum absolute atomic E-state index is 13.1. The van der Waals surface area contributed by atoms with Crippen LogP contribution in [0.4, 0.5) is 4.79 Å². The predicted molar refractivity (Wildman–Crippen MR) is 104 cm³/mol. The van der Waals surface area contributed by atoms with Gasteiger partial charge in [-0.05, 0) is 25.0 Å². The second-order valence-electron chi connectivity index (χ2n) is 7.17. The Balaban J connectivity index is 1.73. The fourth-order valence-electron chi connectivity index (χ4n) is 4.04. The van der Waals surface area contributed by atoms with Gasteiger partial charge in [0, 0.05) is 26.7 Å². The summed E-state index contributed by atoms with van der Waals surface area (Å²) < 4.78 is 12.3. The minimum atomic E-state index is -0.204. The van der Waals surface area contributed by atoms with Crippen LogP contribution in [0.3, 0.4) is 0 Å². The van der Waals surface area contributed by atoms with Crippen molar-refractivity contribution < 1.29 is 14.3 Å². The van der Waals surface area contributed by atoms with Crippen LogP contribution in [0.5, 0.6) is 0 Å². The summed E-state index contributed by atoms with van der Waals surface area (Å²) in [5, 5.41) is 0.589. The molecule has 8 nitrogen and oxygen atoms in total. The van der Waals surface area contributed by atoms with Gasteiger partial charge in [-0.3, -0.25) is 9.36 Å². The topological polar surface area (TPSA) is 76.9 Å². The van der Waals surface area contributed by atoms with E-state index in [-0.39, 0.29) is 17.6 Å². The van der Waals surface area contributed by atoms with Gasteiger partial charge < -0.3 is 19.3 Å². The van der Waals surface area contributed by atoms with Gasteiger partial charge in [-0.1, -0.05) is 12.1 Å². The molecule has 2 aromatic rings. The van der Waals surface area contributed by atoms with Crippen molar-refractivity contribution in [3.63, 3.8) is 0 Å². The average molecular weight is 386 g/mol. The number of likely N-dealkylation sites (tertiary alicyclic amines) is 1. The molecule has 1 aromatic carbocycles. The van der Waals surface area contributed by atoms with E-state index in [0.717, 1.165) is 12.8 Å². The van der Waals surface area contributed by atoms with Crippen molar-refractivity contribution in [3.8, 4) is 0 Å². The molecule has 4 rings (SSSR count). The Labute approximate surface area is 163 Å². The summed E-state index contributed by atoms with van der Waals surface area (Å²) in [7, 11) is 1.61. The lowest BCUT2D eigenvalue weighted by atomic mass is 10.1. The van der Waals surface area contributed by atoms with Gasteiger partial charge in [-0.2, -0.15) is 0 Å². The number of nitrogens with zero attached hydrogens (tertiary/aromatic N) is 4. The van der Waals surface area contributed by atoms with Crippen LogP contribution >= 0.6 is 0 Å². The second-order valence-corrected chi connectivity index (χ2v) is 7.17. The van der Waals surface area contributed by atoms with E-state index in [9.17, 15) is 9.59 Å². The standard InChI is InChI=1S/C20H26N4O4/c1-27-12-11-24-18(21-16-6-3-2-5-15(16)19(24)25)17-7-4-8-23(17)20(26)22-9-13-28-14-10-22/h2-3,5-6,17H,4,7-14H2,1H3. The van der Waals surface area contributed by atoms with Gasteiger partial charge in [0.2, 0.25) is 0 Å². The van der Waals surface area contributed by atoms with Crippen molar-refractivity contribution in [2.24, 2.45) is 0 Å². The highest BCUT2D eigenvalue weighted by Gasteiger charge is 2.36. The number of hydrogen-bond acceptors (Lipinski definition) is 5. The molecule has 1 unspecified atom stereocenters. The Kier molecular flexibility index (Phi) is 5.59. The summed E-state index contributed by atoms with van der Waals surface area (Å²) >= 11 is 0. The molecule has 8 heteroatoms. The van der Waals surface area contributed by atoms with Gasteiger partial charge in [-0.15, -0.1) is 0 Å². The Morgan fingerprint density at radius 2 is 2.04 bits per heavy atom. The number of urea groups is 1. The molecule has 0 N–H and O–H groups in total. The SMILES string of the molecule is COCCn1c(C2CCCN2C(=O)N2CCOCC2)nc2ccccc2c1=O. The summed E-state index contributed by atoms with van der Waals surface area (Å²) in [5.41, 5.74) is 0.588. The zero-order valence-corrected chi connectivity index (χ0v) is 16.2. The van der Waals surface area contributed by atoms with E-state index < -0.39 is 0 Å². The molecular weight excluding hydrogens is 360 g/mol. The van der Waals surface area contributed by atoms with E-state index in [0.29, 0.717) is 62.7 Å². The van der Waals surface area contributed by atoms with Gasteiger partial charge in [-0.25, -0.2) is 9.78 Å². The smallest absolute Gasteiger partial charge is 0.320 e. The van der Waals surface area contributed by atoms with Crippen molar-refractivity contribution in [1.29, 1.82) is 0 Å². The fraction of sp³-hybridized carbons (Fsp3) is 0.550. The summed E-state index contributed by atoms with van der Waals surface area (Å²) in [5.74, 6) is 0.653. The molecule has 0 bridgehead atoms. The summed E-state index contributed by atoms with van der Waals surface area (Å²) in [6.45, 7) is 3.84. The summed E-state index contributed by atoms with van der Waals surface area (Å²) in [4.78, 5) is 34.8. The van der Waals surface area contributed by atoms with Crippen molar-refractivity contribution in [2.75, 3.05) is 46.6 Å². The number of aromatic nitrogens is 2. The van der Waals surface area contributed by atoms with Crippen LogP contribution in [0.25, 0.3) is 10.9 Å². The lowest BCUT2D eigenvalue weighted by Gasteiger charge is -2.34. The van der Waals surface area contributed by atoms with Crippen molar-refractivity contribution in [1.82, 2.24) is 19.4 Å². The zero-order valence-electron chi connectivity index (χ0n) is 16.2. The molecule has 0 saturated carbocycles. The molecule has 28 heavy (non-hydrogen) atoms. The Hall–Kier alpha value is -2.45. The molecule has 2 aliphatic rings. The molecule has 2 saturated heterocycles. The van der Waals surface area contributed by atoms with Gasteiger partial charge in [0.25, 0.3) is 5.56 Å². The van der Waals surface area contributed by atoms with Gasteiger partial charge >= 0.3 is 6.03 Å². The third-order valence-electron chi connectivity index (χ3n) is 5.49. The third kappa shape index (κ3) is 3.49. The molecule has 0 spiro atoms. The van der Waals surface area contributed by atoms with Crippen LogP contribution in [0.2, 0.25) is 0 Å². The van der Waals surface area contributed by atoms with E-state index >= 15 is 0 Å². The highest BCUT2D eigenvalue weighted by Crippen LogP contribution is 2.32. The van der Waals surface area contributed by atoms with E-state index in [2.05, 4.69) is 0 Å². The van der Waals surface area contributed by atoms with Crippen LogP contribution in [0.1, 0.15) is 24.7 Å². The minimum Gasteiger partial charge on any atom is -0.383 e. The Bertz CT molecular complexity index is 907. The summed E-state index contributed by atoms with van der Waals surface area (Å²) in [6.07, 6.45) is 1.70. The summed E-state index contributed by atoms with van der Waals surface area (Å²) in [6, 6.07) is 7.17. The van der Waals surface area contributed by atoms with E-state index in [1.807, 2.05) is 28.0 Å². The average Bonchev–Trinajstić information content (AvgIpc) is 3.23. The van der Waals surface area contributed by atoms with Crippen LogP contribution in [-0.2, 0) is 16.0 Å². The number of methoxy groups -OCH3 is 1. The number of para-hydroxylation sites is 1. The van der Waals surface area contributed by atoms with E-state index in [1.165, 1.54) is 0 Å². The number of benzene rings is 1. The van der Waals surface area contributed by atoms with Crippen molar-refractivity contribution in [3.05, 3.63) is 40.4 Å². The number of amides is 2. The lowest BCUT2D eigenvalue weighted by molar-refractivity contribution is 0.0416. The fourth-order valence-corrected chi connectivity index (χ4v) is 4.04. The first-order valence-electron chi connectivity index (χ1n) is 9.82. The molecule has 150 valence electrons. The molecule has 0 aliphatic carbocycles. The molecule has 2 aliphatic heterocycles. The van der Waals surface area contributed by atoms with E-state index in [4.69, 9.17) is 14.5 Å². The Morgan fingerprint density at radius 3 is 2.82 bits per heavy atom. The number of carbonyl (C=O) groups excluding carboxylic acids is 1. The van der Waals surface area contributed by atoms with Gasteiger partial charge in [0.1, 0.15) is 5.82 Å². The quantitative estimate of drug-likeness (QED) is 0.798. The zero-order chi connectivity index (χ0) is 19.5. The molecule has 1 atom stereocenters. The third-order valence-corrected chi connectivity index (χ3v) is 5.49. The number of rotatable bonds is 4. The number of morpholine rings is 1. The van der Waals surface area contributed by atoms with Gasteiger partial charge in [0.15, 0.2) is 0 Å². The molecule has 2 fully saturated rings. The first-order valence-corrected chi connectivity index (χ1v) is 9.82. The molecular formula is C20H26N4O4. The normalized spacial score (nSPS) is 20.1. The van der Waals surface area contributed by atoms with Crippen LogP contribution in [0, 0.1) is 0 Å². The Morgan fingerprint density at radius 1 is 1.25 bits per heavy atom. The number of fused-ring (bicyclic) bond motifs is 1. The van der Waals surface area contributed by atoms with E-state index in [1.54, 1.807) is 17.7 Å². The molecule has 2 amide bonds.